The van der Waals surface area contributed by atoms with Gasteiger partial charge in [-0.15, -0.1) is 0 Å². The van der Waals surface area contributed by atoms with Crippen molar-refractivity contribution in [2.75, 3.05) is 27.3 Å². The quantitative estimate of drug-likeness (QED) is 0.185. The first-order chi connectivity index (χ1) is 24.1. The summed E-state index contributed by atoms with van der Waals surface area (Å²) in [7, 11) is 3.05. The highest BCUT2D eigenvalue weighted by molar-refractivity contribution is 8.13. The van der Waals surface area contributed by atoms with Crippen LogP contribution in [0.4, 0.5) is 11.4 Å². The number of carbonyl (C=O) groups excluding carboxylic acids is 3. The molecule has 0 bridgehead atoms. The van der Waals surface area contributed by atoms with E-state index >= 15 is 0 Å². The minimum Gasteiger partial charge on any atom is -0.493 e. The SMILES string of the molecule is C=C1C[C@H]2C=Nc3cc(OCc4cc(COc5cc6c(cc5OC)C(=O)N5CC(=C)C[C@H]5C=N6)cc(SC(C)=O)c4)c(OC)cc3C(=O)N2C1. The second-order valence-corrected chi connectivity index (χ2v) is 13.9. The number of methoxy groups -OCH3 is 2. The van der Waals surface area contributed by atoms with Gasteiger partial charge in [-0.3, -0.25) is 24.4 Å². The van der Waals surface area contributed by atoms with E-state index in [0.717, 1.165) is 38.9 Å². The first-order valence-corrected chi connectivity index (χ1v) is 17.0. The first-order valence-electron chi connectivity index (χ1n) is 16.1. The minimum atomic E-state index is -0.125. The van der Waals surface area contributed by atoms with Crippen LogP contribution >= 0.6 is 11.8 Å². The molecule has 50 heavy (non-hydrogen) atoms. The average Bonchev–Trinajstić information content (AvgIpc) is 3.60. The number of nitrogens with zero attached hydrogens (tertiary/aromatic N) is 4. The maximum absolute atomic E-state index is 13.4. The van der Waals surface area contributed by atoms with Crippen LogP contribution in [0.2, 0.25) is 0 Å². The molecule has 0 unspecified atom stereocenters. The number of ether oxygens (including phenoxy) is 4. The second kappa shape index (κ2) is 13.5. The van der Waals surface area contributed by atoms with Crippen LogP contribution in [0.25, 0.3) is 0 Å². The summed E-state index contributed by atoms with van der Waals surface area (Å²) in [6.07, 6.45) is 4.95. The summed E-state index contributed by atoms with van der Waals surface area (Å²) in [4.78, 5) is 52.4. The van der Waals surface area contributed by atoms with Gasteiger partial charge in [0.15, 0.2) is 28.1 Å². The van der Waals surface area contributed by atoms with Gasteiger partial charge in [0.25, 0.3) is 11.8 Å². The zero-order chi connectivity index (χ0) is 35.1. The molecule has 7 rings (SSSR count). The zero-order valence-electron chi connectivity index (χ0n) is 28.1. The van der Waals surface area contributed by atoms with E-state index in [9.17, 15) is 14.4 Å². The van der Waals surface area contributed by atoms with Gasteiger partial charge in [0, 0.05) is 49.5 Å². The van der Waals surface area contributed by atoms with Gasteiger partial charge in [0.05, 0.1) is 48.8 Å². The predicted molar refractivity (Wildman–Crippen MR) is 191 cm³/mol. The van der Waals surface area contributed by atoms with E-state index in [1.54, 1.807) is 46.5 Å². The number of benzene rings is 3. The lowest BCUT2D eigenvalue weighted by Crippen LogP contribution is -2.35. The van der Waals surface area contributed by atoms with E-state index in [2.05, 4.69) is 23.1 Å². The van der Waals surface area contributed by atoms with Gasteiger partial charge in [-0.2, -0.15) is 0 Å². The highest BCUT2D eigenvalue weighted by atomic mass is 32.2. The molecular formula is C38H36N4O7S. The minimum absolute atomic E-state index is 0.0620. The van der Waals surface area contributed by atoms with Gasteiger partial charge in [-0.05, 0) is 54.3 Å². The third kappa shape index (κ3) is 6.50. The summed E-state index contributed by atoms with van der Waals surface area (Å²) < 4.78 is 23.8. The Morgan fingerprint density at radius 3 is 1.62 bits per heavy atom. The molecule has 12 heteroatoms. The summed E-state index contributed by atoms with van der Waals surface area (Å²) >= 11 is 1.11. The summed E-state index contributed by atoms with van der Waals surface area (Å²) in [6, 6.07) is 12.2. The molecule has 3 aromatic carbocycles. The van der Waals surface area contributed by atoms with Gasteiger partial charge < -0.3 is 28.7 Å². The average molecular weight is 693 g/mol. The van der Waals surface area contributed by atoms with E-state index in [0.29, 0.717) is 71.4 Å². The Labute approximate surface area is 294 Å². The maximum Gasteiger partial charge on any atom is 0.257 e. The van der Waals surface area contributed by atoms with Crippen molar-refractivity contribution in [1.29, 1.82) is 0 Å². The number of amides is 2. The number of aliphatic imine (C=N–C) groups is 2. The number of hydrogen-bond acceptors (Lipinski definition) is 10. The molecule has 2 fully saturated rings. The van der Waals surface area contributed by atoms with E-state index in [1.165, 1.54) is 21.1 Å². The Morgan fingerprint density at radius 2 is 1.20 bits per heavy atom. The number of thioether (sulfide) groups is 1. The van der Waals surface area contributed by atoms with Crippen LogP contribution in [0.5, 0.6) is 23.0 Å². The Bertz CT molecular complexity index is 1890. The van der Waals surface area contributed by atoms with Crippen molar-refractivity contribution >= 4 is 52.5 Å². The van der Waals surface area contributed by atoms with Gasteiger partial charge >= 0.3 is 0 Å². The molecule has 0 aliphatic carbocycles. The van der Waals surface area contributed by atoms with Crippen molar-refractivity contribution in [3.8, 4) is 23.0 Å². The van der Waals surface area contributed by atoms with Crippen molar-refractivity contribution in [3.05, 3.63) is 89.0 Å². The second-order valence-electron chi connectivity index (χ2n) is 12.7. The number of rotatable bonds is 9. The fourth-order valence-electron chi connectivity index (χ4n) is 6.65. The smallest absolute Gasteiger partial charge is 0.257 e. The lowest BCUT2D eigenvalue weighted by Gasteiger charge is -2.20. The molecule has 4 aliphatic rings. The third-order valence-corrected chi connectivity index (χ3v) is 9.74. The van der Waals surface area contributed by atoms with E-state index in [1.807, 2.05) is 18.2 Å². The van der Waals surface area contributed by atoms with Crippen LogP contribution in [0.3, 0.4) is 0 Å². The molecule has 4 heterocycles. The molecule has 256 valence electrons. The van der Waals surface area contributed by atoms with E-state index < -0.39 is 0 Å². The maximum atomic E-state index is 13.4. The fraction of sp³-hybridized carbons (Fsp3) is 0.289. The Kier molecular flexibility index (Phi) is 8.96. The molecule has 3 aromatic rings. The van der Waals surface area contributed by atoms with Crippen LogP contribution in [0, 0.1) is 0 Å². The molecule has 11 nitrogen and oxygen atoms in total. The molecule has 0 saturated carbocycles. The molecule has 0 spiro atoms. The van der Waals surface area contributed by atoms with Gasteiger partial charge in [0.2, 0.25) is 0 Å². The van der Waals surface area contributed by atoms with Gasteiger partial charge in [0.1, 0.15) is 13.2 Å². The monoisotopic (exact) mass is 692 g/mol. The Morgan fingerprint density at radius 1 is 0.740 bits per heavy atom. The number of hydrogen-bond donors (Lipinski definition) is 0. The Balaban J connectivity index is 1.12. The molecule has 2 atom stereocenters. The van der Waals surface area contributed by atoms with Crippen LogP contribution in [0.15, 0.2) is 81.6 Å². The first kappa shape index (κ1) is 33.2. The van der Waals surface area contributed by atoms with Crippen LogP contribution in [0.1, 0.15) is 51.6 Å². The summed E-state index contributed by atoms with van der Waals surface area (Å²) in [5.74, 6) is 1.42. The summed E-state index contributed by atoms with van der Waals surface area (Å²) in [5, 5.41) is -0.0620. The highest BCUT2D eigenvalue weighted by Crippen LogP contribution is 2.41. The molecule has 4 aliphatic heterocycles. The largest absolute Gasteiger partial charge is 0.493 e. The van der Waals surface area contributed by atoms with Gasteiger partial charge in [-0.1, -0.05) is 36.1 Å². The fourth-order valence-corrected chi connectivity index (χ4v) is 7.40. The Hall–Kier alpha value is -5.36. The van der Waals surface area contributed by atoms with Crippen molar-refractivity contribution in [2.24, 2.45) is 9.98 Å². The highest BCUT2D eigenvalue weighted by Gasteiger charge is 2.35. The molecule has 0 N–H and O–H groups in total. The normalized spacial score (nSPS) is 19.0. The van der Waals surface area contributed by atoms with Crippen molar-refractivity contribution in [1.82, 2.24) is 9.80 Å². The predicted octanol–water partition coefficient (Wildman–Crippen LogP) is 6.47. The molecule has 0 aromatic heterocycles. The van der Waals surface area contributed by atoms with E-state index in [-0.39, 0.29) is 42.2 Å². The van der Waals surface area contributed by atoms with Crippen molar-refractivity contribution in [2.45, 2.75) is 50.0 Å². The zero-order valence-corrected chi connectivity index (χ0v) is 28.9. The molecule has 2 amide bonds. The third-order valence-electron chi connectivity index (χ3n) is 8.98. The number of fused-ring (bicyclic) bond motifs is 4. The van der Waals surface area contributed by atoms with Crippen LogP contribution in [-0.4, -0.2) is 78.6 Å². The standard InChI is InChI=1S/C38H36N4O7S/c1-21-6-26-15-39-31-13-35(33(46-4)11-29(31)37(44)41(26)17-21)48-19-24-8-25(10-28(9-24)50-23(3)43)20-49-36-14-32-30(12-34(36)47-5)38(45)42-18-22(2)7-27(42)16-40-32/h8-16,26-27H,1-2,6-7,17-20H2,3-5H3/t26-,27-/m0/s1. The van der Waals surface area contributed by atoms with Crippen molar-refractivity contribution < 1.29 is 33.3 Å². The van der Waals surface area contributed by atoms with Crippen LogP contribution in [-0.2, 0) is 18.0 Å². The molecular weight excluding hydrogens is 657 g/mol. The van der Waals surface area contributed by atoms with Crippen LogP contribution < -0.4 is 18.9 Å². The molecule has 0 radical (unpaired) electrons. The molecule has 2 saturated heterocycles. The lowest BCUT2D eigenvalue weighted by molar-refractivity contribution is -0.109. The number of carbonyl (C=O) groups is 3. The van der Waals surface area contributed by atoms with E-state index in [4.69, 9.17) is 18.9 Å². The van der Waals surface area contributed by atoms with Crippen molar-refractivity contribution in [3.63, 3.8) is 0 Å². The summed E-state index contributed by atoms with van der Waals surface area (Å²) in [6.45, 7) is 10.9. The lowest BCUT2D eigenvalue weighted by atomic mass is 10.1. The summed E-state index contributed by atoms with van der Waals surface area (Å²) in [5.41, 5.74) is 5.47. The topological polar surface area (TPSA) is 119 Å². The van der Waals surface area contributed by atoms with Gasteiger partial charge in [-0.25, -0.2) is 0 Å².